The van der Waals surface area contributed by atoms with Crippen LogP contribution in [0.15, 0.2) is 53.4 Å². The standard InChI is InChI=1S/C18H21NO3S/c1-3-23(21,22)17-10-8-16(9-11-17)13-19-18(20)12-15-6-4-14(2)5-7-15/h4-11H,3,12-13H2,1-2H3,(H,19,20). The molecule has 0 saturated carbocycles. The molecule has 0 aliphatic carbocycles. The molecule has 2 aromatic rings. The largest absolute Gasteiger partial charge is 0.352 e. The summed E-state index contributed by atoms with van der Waals surface area (Å²) in [5.74, 6) is 0.0266. The zero-order chi connectivity index (χ0) is 16.9. The van der Waals surface area contributed by atoms with Gasteiger partial charge < -0.3 is 5.32 Å². The number of hydrogen-bond donors (Lipinski definition) is 1. The molecule has 1 amide bonds. The predicted molar refractivity (Wildman–Crippen MR) is 90.9 cm³/mol. The number of carbonyl (C=O) groups excluding carboxylic acids is 1. The van der Waals surface area contributed by atoms with Crippen LogP contribution in [0.2, 0.25) is 0 Å². The fraction of sp³-hybridized carbons (Fsp3) is 0.278. The molecular formula is C18H21NO3S. The van der Waals surface area contributed by atoms with E-state index in [1.54, 1.807) is 31.2 Å². The normalized spacial score (nSPS) is 11.2. The molecule has 0 aromatic heterocycles. The molecule has 0 fully saturated rings. The average Bonchev–Trinajstić information content (AvgIpc) is 2.55. The second-order valence-electron chi connectivity index (χ2n) is 5.49. The van der Waals surface area contributed by atoms with Crippen molar-refractivity contribution in [2.24, 2.45) is 0 Å². The van der Waals surface area contributed by atoms with E-state index in [1.807, 2.05) is 31.2 Å². The number of hydrogen-bond acceptors (Lipinski definition) is 3. The molecular weight excluding hydrogens is 310 g/mol. The predicted octanol–water partition coefficient (Wildman–Crippen LogP) is 2.65. The van der Waals surface area contributed by atoms with Crippen LogP contribution in [0.5, 0.6) is 0 Å². The van der Waals surface area contributed by atoms with Crippen molar-refractivity contribution >= 4 is 15.7 Å². The molecule has 2 aromatic carbocycles. The van der Waals surface area contributed by atoms with Gasteiger partial charge in [0.15, 0.2) is 9.84 Å². The monoisotopic (exact) mass is 331 g/mol. The molecule has 1 N–H and O–H groups in total. The lowest BCUT2D eigenvalue weighted by molar-refractivity contribution is -0.120. The van der Waals surface area contributed by atoms with Crippen LogP contribution in [0.1, 0.15) is 23.6 Å². The van der Waals surface area contributed by atoms with E-state index < -0.39 is 9.84 Å². The van der Waals surface area contributed by atoms with Crippen molar-refractivity contribution < 1.29 is 13.2 Å². The number of carbonyl (C=O) groups is 1. The number of aryl methyl sites for hydroxylation is 1. The number of sulfone groups is 1. The highest BCUT2D eigenvalue weighted by molar-refractivity contribution is 7.91. The van der Waals surface area contributed by atoms with Crippen LogP contribution in [-0.4, -0.2) is 20.1 Å². The van der Waals surface area contributed by atoms with E-state index in [0.717, 1.165) is 16.7 Å². The van der Waals surface area contributed by atoms with Gasteiger partial charge in [-0.15, -0.1) is 0 Å². The van der Waals surface area contributed by atoms with Gasteiger partial charge in [-0.05, 0) is 30.2 Å². The molecule has 0 saturated heterocycles. The highest BCUT2D eigenvalue weighted by Crippen LogP contribution is 2.12. The first-order valence-corrected chi connectivity index (χ1v) is 9.20. The average molecular weight is 331 g/mol. The van der Waals surface area contributed by atoms with E-state index in [4.69, 9.17) is 0 Å². The molecule has 0 heterocycles. The first-order valence-electron chi connectivity index (χ1n) is 7.54. The van der Waals surface area contributed by atoms with Gasteiger partial charge in [0.1, 0.15) is 0 Å². The Morgan fingerprint density at radius 1 is 0.957 bits per heavy atom. The zero-order valence-electron chi connectivity index (χ0n) is 13.4. The second-order valence-corrected chi connectivity index (χ2v) is 7.76. The van der Waals surface area contributed by atoms with Crippen LogP contribution < -0.4 is 5.32 Å². The maximum absolute atomic E-state index is 11.9. The van der Waals surface area contributed by atoms with Gasteiger partial charge in [0.25, 0.3) is 0 Å². The number of benzene rings is 2. The summed E-state index contributed by atoms with van der Waals surface area (Å²) in [7, 11) is -3.18. The Morgan fingerprint density at radius 2 is 1.52 bits per heavy atom. The van der Waals surface area contributed by atoms with Crippen LogP contribution in [-0.2, 0) is 27.6 Å². The van der Waals surface area contributed by atoms with E-state index in [9.17, 15) is 13.2 Å². The molecule has 122 valence electrons. The van der Waals surface area contributed by atoms with E-state index in [1.165, 1.54) is 0 Å². The molecule has 0 atom stereocenters. The van der Waals surface area contributed by atoms with Gasteiger partial charge in [-0.3, -0.25) is 4.79 Å². The van der Waals surface area contributed by atoms with E-state index in [0.29, 0.717) is 17.9 Å². The summed E-state index contributed by atoms with van der Waals surface area (Å²) in [6.45, 7) is 4.01. The molecule has 23 heavy (non-hydrogen) atoms. The zero-order valence-corrected chi connectivity index (χ0v) is 14.2. The summed E-state index contributed by atoms with van der Waals surface area (Å²) in [5.41, 5.74) is 3.01. The summed E-state index contributed by atoms with van der Waals surface area (Å²) >= 11 is 0. The van der Waals surface area contributed by atoms with Crippen LogP contribution in [0.25, 0.3) is 0 Å². The third-order valence-electron chi connectivity index (χ3n) is 3.64. The lowest BCUT2D eigenvalue weighted by atomic mass is 10.1. The minimum atomic E-state index is -3.18. The maximum Gasteiger partial charge on any atom is 0.224 e. The molecule has 0 spiro atoms. The van der Waals surface area contributed by atoms with Crippen molar-refractivity contribution in [3.8, 4) is 0 Å². The number of amides is 1. The van der Waals surface area contributed by atoms with Crippen molar-refractivity contribution in [3.63, 3.8) is 0 Å². The van der Waals surface area contributed by atoms with Gasteiger partial charge in [0, 0.05) is 6.54 Å². The van der Waals surface area contributed by atoms with Gasteiger partial charge in [0.2, 0.25) is 5.91 Å². The van der Waals surface area contributed by atoms with Crippen molar-refractivity contribution in [2.75, 3.05) is 5.75 Å². The highest BCUT2D eigenvalue weighted by Gasteiger charge is 2.11. The molecule has 4 nitrogen and oxygen atoms in total. The van der Waals surface area contributed by atoms with Crippen LogP contribution in [0.4, 0.5) is 0 Å². The van der Waals surface area contributed by atoms with Crippen molar-refractivity contribution in [3.05, 3.63) is 65.2 Å². The van der Waals surface area contributed by atoms with Crippen molar-refractivity contribution in [2.45, 2.75) is 31.7 Å². The van der Waals surface area contributed by atoms with Crippen LogP contribution in [0, 0.1) is 6.92 Å². The molecule has 0 aliphatic rings. The van der Waals surface area contributed by atoms with E-state index >= 15 is 0 Å². The summed E-state index contributed by atoms with van der Waals surface area (Å²) < 4.78 is 23.5. The molecule has 5 heteroatoms. The molecule has 0 radical (unpaired) electrons. The molecule has 0 unspecified atom stereocenters. The Hall–Kier alpha value is -2.14. The lowest BCUT2D eigenvalue weighted by Gasteiger charge is -2.07. The highest BCUT2D eigenvalue weighted by atomic mass is 32.2. The van der Waals surface area contributed by atoms with Gasteiger partial charge >= 0.3 is 0 Å². The summed E-state index contributed by atoms with van der Waals surface area (Å²) in [5, 5.41) is 2.85. The van der Waals surface area contributed by atoms with Gasteiger partial charge in [-0.2, -0.15) is 0 Å². The smallest absolute Gasteiger partial charge is 0.224 e. The third kappa shape index (κ3) is 4.93. The minimum absolute atomic E-state index is 0.0564. The Morgan fingerprint density at radius 3 is 2.09 bits per heavy atom. The summed E-state index contributed by atoms with van der Waals surface area (Å²) in [6.07, 6.45) is 0.336. The van der Waals surface area contributed by atoms with Gasteiger partial charge in [-0.1, -0.05) is 48.9 Å². The van der Waals surface area contributed by atoms with E-state index in [-0.39, 0.29) is 11.7 Å². The fourth-order valence-corrected chi connectivity index (χ4v) is 3.02. The minimum Gasteiger partial charge on any atom is -0.352 e. The van der Waals surface area contributed by atoms with Gasteiger partial charge in [-0.25, -0.2) is 8.42 Å². The molecule has 0 bridgehead atoms. The SMILES string of the molecule is CCS(=O)(=O)c1ccc(CNC(=O)Cc2ccc(C)cc2)cc1. The van der Waals surface area contributed by atoms with Gasteiger partial charge in [0.05, 0.1) is 17.1 Å². The first-order chi connectivity index (χ1) is 10.9. The summed E-state index contributed by atoms with van der Waals surface area (Å²) in [4.78, 5) is 12.3. The van der Waals surface area contributed by atoms with Crippen molar-refractivity contribution in [1.82, 2.24) is 5.32 Å². The molecule has 0 aliphatic heterocycles. The van der Waals surface area contributed by atoms with Crippen LogP contribution in [0.3, 0.4) is 0 Å². The lowest BCUT2D eigenvalue weighted by Crippen LogP contribution is -2.24. The third-order valence-corrected chi connectivity index (χ3v) is 5.39. The second kappa shape index (κ2) is 7.42. The topological polar surface area (TPSA) is 63.2 Å². The Balaban J connectivity index is 1.90. The first kappa shape index (κ1) is 17.2. The van der Waals surface area contributed by atoms with Crippen molar-refractivity contribution in [1.29, 1.82) is 0 Å². The summed E-state index contributed by atoms with van der Waals surface area (Å²) in [6, 6.07) is 14.5. The van der Waals surface area contributed by atoms with E-state index in [2.05, 4.69) is 5.32 Å². The number of rotatable bonds is 6. The van der Waals surface area contributed by atoms with Crippen LogP contribution >= 0.6 is 0 Å². The number of nitrogens with one attached hydrogen (secondary N) is 1. The Labute approximate surface area is 137 Å². The maximum atomic E-state index is 11.9. The Kier molecular flexibility index (Phi) is 5.55. The Bertz CT molecular complexity index is 763. The molecule has 2 rings (SSSR count). The quantitative estimate of drug-likeness (QED) is 0.885. The fourth-order valence-electron chi connectivity index (χ4n) is 2.14.